The second kappa shape index (κ2) is 9.90. The Kier molecular flexibility index (Phi) is 7.04. The third-order valence-electron chi connectivity index (χ3n) is 5.20. The van der Waals surface area contributed by atoms with Crippen LogP contribution in [0.3, 0.4) is 0 Å². The number of aliphatic hydroxyl groups is 1. The highest BCUT2D eigenvalue weighted by Crippen LogP contribution is 2.25. The number of benzene rings is 2. The van der Waals surface area contributed by atoms with Crippen LogP contribution < -0.4 is 10.1 Å². The van der Waals surface area contributed by atoms with E-state index in [-0.39, 0.29) is 17.5 Å². The maximum absolute atomic E-state index is 13.1. The number of likely N-dealkylation sites (tertiary alicyclic amines) is 1. The zero-order valence-electron chi connectivity index (χ0n) is 16.8. The number of carbonyl (C=O) groups excluding carboxylic acids is 1. The lowest BCUT2D eigenvalue weighted by atomic mass is 9.99. The van der Waals surface area contributed by atoms with Crippen molar-refractivity contribution in [1.29, 1.82) is 5.26 Å². The van der Waals surface area contributed by atoms with E-state index in [1.54, 1.807) is 24.3 Å². The SMILES string of the molecule is COc1ccc(C#N)cc1C(=O)NCCN1CCC(=C(O)c2ccc(F)cc2)CC1. The topological polar surface area (TPSA) is 85.6 Å². The lowest BCUT2D eigenvalue weighted by Crippen LogP contribution is -2.38. The summed E-state index contributed by atoms with van der Waals surface area (Å²) < 4.78 is 18.3. The molecule has 1 amide bonds. The van der Waals surface area contributed by atoms with Gasteiger partial charge < -0.3 is 20.1 Å². The number of rotatable bonds is 6. The Labute approximate surface area is 175 Å². The number of carbonyl (C=O) groups is 1. The molecule has 30 heavy (non-hydrogen) atoms. The molecule has 0 spiro atoms. The standard InChI is InChI=1S/C23H24FN3O3/c1-30-21-7-2-16(15-25)14-20(21)23(29)26-10-13-27-11-8-18(9-12-27)22(28)17-3-5-19(24)6-4-17/h2-7,14,28H,8-13H2,1H3,(H,26,29). The highest BCUT2D eigenvalue weighted by atomic mass is 19.1. The minimum absolute atomic E-state index is 0.229. The number of amides is 1. The van der Waals surface area contributed by atoms with Gasteiger partial charge in [0.05, 0.1) is 24.3 Å². The largest absolute Gasteiger partial charge is 0.507 e. The van der Waals surface area contributed by atoms with E-state index in [2.05, 4.69) is 10.2 Å². The normalized spacial score (nSPS) is 14.1. The summed E-state index contributed by atoms with van der Waals surface area (Å²) in [4.78, 5) is 14.7. The molecule has 1 saturated heterocycles. The Hall–Kier alpha value is -3.37. The molecule has 0 atom stereocenters. The van der Waals surface area contributed by atoms with E-state index in [1.165, 1.54) is 25.3 Å². The van der Waals surface area contributed by atoms with Crippen molar-refractivity contribution in [3.8, 4) is 11.8 Å². The monoisotopic (exact) mass is 409 g/mol. The van der Waals surface area contributed by atoms with E-state index < -0.39 is 0 Å². The summed E-state index contributed by atoms with van der Waals surface area (Å²) >= 11 is 0. The molecule has 6 nitrogen and oxygen atoms in total. The third-order valence-corrected chi connectivity index (χ3v) is 5.20. The Bertz CT molecular complexity index is 970. The molecule has 1 aliphatic rings. The molecule has 156 valence electrons. The zero-order valence-corrected chi connectivity index (χ0v) is 16.8. The number of hydrogen-bond acceptors (Lipinski definition) is 5. The summed E-state index contributed by atoms with van der Waals surface area (Å²) in [7, 11) is 1.48. The van der Waals surface area contributed by atoms with Gasteiger partial charge in [0.15, 0.2) is 0 Å². The van der Waals surface area contributed by atoms with E-state index >= 15 is 0 Å². The van der Waals surface area contributed by atoms with Gasteiger partial charge in [-0.05, 0) is 60.9 Å². The predicted octanol–water partition coefficient (Wildman–Crippen LogP) is 3.50. The molecule has 0 bridgehead atoms. The quantitative estimate of drug-likeness (QED) is 0.714. The number of halogens is 1. The Morgan fingerprint density at radius 1 is 1.23 bits per heavy atom. The molecule has 0 unspecified atom stereocenters. The van der Waals surface area contributed by atoms with Gasteiger partial charge in [0, 0.05) is 31.7 Å². The fraction of sp³-hybridized carbons (Fsp3) is 0.304. The van der Waals surface area contributed by atoms with Gasteiger partial charge in [-0.25, -0.2) is 4.39 Å². The van der Waals surface area contributed by atoms with Crippen LogP contribution in [0.4, 0.5) is 4.39 Å². The molecule has 0 radical (unpaired) electrons. The van der Waals surface area contributed by atoms with Crippen molar-refractivity contribution in [2.45, 2.75) is 12.8 Å². The minimum atomic E-state index is -0.328. The van der Waals surface area contributed by atoms with Crippen LogP contribution in [0, 0.1) is 17.1 Å². The van der Waals surface area contributed by atoms with Crippen LogP contribution in [-0.4, -0.2) is 49.2 Å². The number of hydrogen-bond donors (Lipinski definition) is 2. The summed E-state index contributed by atoms with van der Waals surface area (Å²) in [6.07, 6.45) is 1.43. The first-order valence-electron chi connectivity index (χ1n) is 9.77. The molecule has 1 aliphatic heterocycles. The van der Waals surface area contributed by atoms with Gasteiger partial charge >= 0.3 is 0 Å². The first-order chi connectivity index (χ1) is 14.5. The number of piperidine rings is 1. The molecule has 2 N–H and O–H groups in total. The molecular formula is C23H24FN3O3. The summed E-state index contributed by atoms with van der Waals surface area (Å²) in [5, 5.41) is 22.3. The number of ether oxygens (including phenoxy) is 1. The highest BCUT2D eigenvalue weighted by Gasteiger charge is 2.18. The molecule has 2 aromatic rings. The molecule has 0 aliphatic carbocycles. The Morgan fingerprint density at radius 2 is 1.93 bits per heavy atom. The Balaban J connectivity index is 1.51. The van der Waals surface area contributed by atoms with Crippen molar-refractivity contribution < 1.29 is 19.0 Å². The van der Waals surface area contributed by atoms with Crippen LogP contribution in [0.25, 0.3) is 5.76 Å². The first-order valence-corrected chi connectivity index (χ1v) is 9.77. The maximum atomic E-state index is 13.1. The van der Waals surface area contributed by atoms with Gasteiger partial charge in [-0.15, -0.1) is 0 Å². The highest BCUT2D eigenvalue weighted by molar-refractivity contribution is 5.97. The summed E-state index contributed by atoms with van der Waals surface area (Å²) in [5.41, 5.74) is 2.32. The van der Waals surface area contributed by atoms with Gasteiger partial charge in [-0.1, -0.05) is 0 Å². The summed E-state index contributed by atoms with van der Waals surface area (Å²) in [6, 6.07) is 12.6. The number of nitrogens with one attached hydrogen (secondary N) is 1. The number of nitriles is 1. The molecule has 1 heterocycles. The van der Waals surface area contributed by atoms with Crippen molar-refractivity contribution in [2.75, 3.05) is 33.3 Å². The van der Waals surface area contributed by atoms with Crippen LogP contribution in [-0.2, 0) is 0 Å². The molecule has 0 aromatic heterocycles. The van der Waals surface area contributed by atoms with Crippen molar-refractivity contribution in [2.24, 2.45) is 0 Å². The van der Waals surface area contributed by atoms with Crippen molar-refractivity contribution >= 4 is 11.7 Å². The van der Waals surface area contributed by atoms with E-state index in [1.807, 2.05) is 6.07 Å². The van der Waals surface area contributed by atoms with Gasteiger partial charge in [-0.2, -0.15) is 5.26 Å². The predicted molar refractivity (Wildman–Crippen MR) is 112 cm³/mol. The number of methoxy groups -OCH3 is 1. The average molecular weight is 409 g/mol. The molecular weight excluding hydrogens is 385 g/mol. The van der Waals surface area contributed by atoms with Crippen LogP contribution >= 0.6 is 0 Å². The second-order valence-electron chi connectivity index (χ2n) is 7.08. The molecule has 7 heteroatoms. The van der Waals surface area contributed by atoms with Gasteiger partial charge in [0.2, 0.25) is 0 Å². The molecule has 0 saturated carbocycles. The van der Waals surface area contributed by atoms with Gasteiger partial charge in [0.1, 0.15) is 17.3 Å². The zero-order chi connectivity index (χ0) is 21.5. The van der Waals surface area contributed by atoms with Crippen LogP contribution in [0.5, 0.6) is 5.75 Å². The van der Waals surface area contributed by atoms with E-state index in [0.29, 0.717) is 35.5 Å². The lowest BCUT2D eigenvalue weighted by Gasteiger charge is -2.28. The number of nitrogens with zero attached hydrogens (tertiary/aromatic N) is 2. The molecule has 1 fully saturated rings. The molecule has 3 rings (SSSR count). The van der Waals surface area contributed by atoms with Crippen molar-refractivity contribution in [1.82, 2.24) is 10.2 Å². The lowest BCUT2D eigenvalue weighted by molar-refractivity contribution is 0.0944. The van der Waals surface area contributed by atoms with Crippen LogP contribution in [0.15, 0.2) is 48.0 Å². The average Bonchev–Trinajstić information content (AvgIpc) is 2.79. The smallest absolute Gasteiger partial charge is 0.255 e. The van der Waals surface area contributed by atoms with E-state index in [4.69, 9.17) is 10.00 Å². The molecule has 2 aromatic carbocycles. The van der Waals surface area contributed by atoms with Crippen LogP contribution in [0.1, 0.15) is 34.3 Å². The minimum Gasteiger partial charge on any atom is -0.507 e. The fourth-order valence-electron chi connectivity index (χ4n) is 3.47. The second-order valence-corrected chi connectivity index (χ2v) is 7.08. The van der Waals surface area contributed by atoms with E-state index in [9.17, 15) is 14.3 Å². The van der Waals surface area contributed by atoms with E-state index in [0.717, 1.165) is 31.5 Å². The van der Waals surface area contributed by atoms with Crippen molar-refractivity contribution in [3.63, 3.8) is 0 Å². The Morgan fingerprint density at radius 3 is 2.57 bits per heavy atom. The maximum Gasteiger partial charge on any atom is 0.255 e. The first kappa shape index (κ1) is 21.3. The van der Waals surface area contributed by atoms with Crippen molar-refractivity contribution in [3.05, 3.63) is 70.5 Å². The summed E-state index contributed by atoms with van der Waals surface area (Å²) in [5.74, 6) is 0.0452. The van der Waals surface area contributed by atoms with Gasteiger partial charge in [-0.3, -0.25) is 4.79 Å². The summed E-state index contributed by atoms with van der Waals surface area (Å²) in [6.45, 7) is 2.67. The fourth-order valence-corrected chi connectivity index (χ4v) is 3.47. The van der Waals surface area contributed by atoms with Gasteiger partial charge in [0.25, 0.3) is 5.91 Å². The third kappa shape index (κ3) is 5.16. The van der Waals surface area contributed by atoms with Crippen LogP contribution in [0.2, 0.25) is 0 Å². The number of aliphatic hydroxyl groups excluding tert-OH is 1.